The zero-order valence-corrected chi connectivity index (χ0v) is 16.1. The zero-order chi connectivity index (χ0) is 20.4. The van der Waals surface area contributed by atoms with Gasteiger partial charge >= 0.3 is 6.03 Å². The quantitative estimate of drug-likeness (QED) is 0.781. The third-order valence-electron chi connectivity index (χ3n) is 5.12. The lowest BCUT2D eigenvalue weighted by atomic mass is 9.95. The third kappa shape index (κ3) is 3.61. The number of nitrogens with zero attached hydrogens (tertiary/aromatic N) is 2. The largest absolute Gasteiger partial charge is 0.467 e. The van der Waals surface area contributed by atoms with Gasteiger partial charge in [-0.3, -0.25) is 14.5 Å². The number of urea groups is 1. The van der Waals surface area contributed by atoms with Crippen LogP contribution in [-0.2, 0) is 16.1 Å². The van der Waals surface area contributed by atoms with Crippen LogP contribution in [0.3, 0.4) is 0 Å². The number of benzene rings is 1. The van der Waals surface area contributed by atoms with E-state index in [1.807, 2.05) is 37.3 Å². The summed E-state index contributed by atoms with van der Waals surface area (Å²) in [5, 5.41) is 5.67. The van der Waals surface area contributed by atoms with E-state index in [2.05, 4.69) is 10.6 Å². The van der Waals surface area contributed by atoms with Crippen LogP contribution in [0.5, 0.6) is 0 Å². The smallest absolute Gasteiger partial charge is 0.322 e. The van der Waals surface area contributed by atoms with E-state index >= 15 is 0 Å². The Morgan fingerprint density at radius 1 is 1.21 bits per heavy atom. The minimum Gasteiger partial charge on any atom is -0.467 e. The highest BCUT2D eigenvalue weighted by atomic mass is 16.3. The van der Waals surface area contributed by atoms with Gasteiger partial charge in [-0.2, -0.15) is 0 Å². The first-order valence-corrected chi connectivity index (χ1v) is 9.53. The Labute approximate surface area is 168 Å². The van der Waals surface area contributed by atoms with Crippen LogP contribution in [0.2, 0.25) is 0 Å². The van der Waals surface area contributed by atoms with Crippen LogP contribution in [-0.4, -0.2) is 47.3 Å². The van der Waals surface area contributed by atoms with E-state index in [1.54, 1.807) is 17.0 Å². The van der Waals surface area contributed by atoms with Crippen molar-refractivity contribution in [1.29, 1.82) is 0 Å². The van der Waals surface area contributed by atoms with Gasteiger partial charge in [-0.1, -0.05) is 30.3 Å². The highest BCUT2D eigenvalue weighted by Gasteiger charge is 2.43. The lowest BCUT2D eigenvalue weighted by molar-refractivity contribution is -0.132. The molecule has 2 aliphatic heterocycles. The van der Waals surface area contributed by atoms with E-state index < -0.39 is 6.04 Å². The zero-order valence-electron chi connectivity index (χ0n) is 16.1. The molecule has 0 saturated carbocycles. The Bertz CT molecular complexity index is 952. The maximum absolute atomic E-state index is 13.2. The molecule has 0 radical (unpaired) electrons. The monoisotopic (exact) mass is 394 g/mol. The van der Waals surface area contributed by atoms with Crippen molar-refractivity contribution in [3.63, 3.8) is 0 Å². The van der Waals surface area contributed by atoms with Gasteiger partial charge in [0.15, 0.2) is 0 Å². The van der Waals surface area contributed by atoms with Crippen LogP contribution in [0, 0.1) is 0 Å². The van der Waals surface area contributed by atoms with E-state index in [1.165, 1.54) is 11.2 Å². The Morgan fingerprint density at radius 2 is 2.00 bits per heavy atom. The molecular weight excluding hydrogens is 372 g/mol. The molecule has 150 valence electrons. The Balaban J connectivity index is 1.52. The summed E-state index contributed by atoms with van der Waals surface area (Å²) in [6.07, 6.45) is 1.54. The summed E-state index contributed by atoms with van der Waals surface area (Å²) in [4.78, 5) is 41.1. The van der Waals surface area contributed by atoms with E-state index in [0.29, 0.717) is 23.6 Å². The number of likely N-dealkylation sites (N-methyl/N-ethyl adjacent to an activating group) is 1. The van der Waals surface area contributed by atoms with Crippen LogP contribution >= 0.6 is 0 Å². The molecule has 4 amide bonds. The molecule has 2 N–H and O–H groups in total. The number of carbonyl (C=O) groups excluding carboxylic acids is 3. The van der Waals surface area contributed by atoms with Crippen molar-refractivity contribution < 1.29 is 18.8 Å². The van der Waals surface area contributed by atoms with Crippen molar-refractivity contribution >= 4 is 17.8 Å². The lowest BCUT2D eigenvalue weighted by Gasteiger charge is -2.32. The second kappa shape index (κ2) is 7.83. The van der Waals surface area contributed by atoms with Crippen molar-refractivity contribution in [2.24, 2.45) is 0 Å². The topological polar surface area (TPSA) is 94.9 Å². The molecule has 4 rings (SSSR count). The molecule has 0 aliphatic carbocycles. The van der Waals surface area contributed by atoms with Gasteiger partial charge in [0.05, 0.1) is 36.7 Å². The second-order valence-electron chi connectivity index (χ2n) is 6.92. The summed E-state index contributed by atoms with van der Waals surface area (Å²) in [7, 11) is 0. The van der Waals surface area contributed by atoms with Gasteiger partial charge in [-0.15, -0.1) is 0 Å². The van der Waals surface area contributed by atoms with Crippen LogP contribution in [0.15, 0.2) is 64.4 Å². The number of carbonyl (C=O) groups is 3. The Morgan fingerprint density at radius 3 is 2.69 bits per heavy atom. The average Bonchev–Trinajstić information content (AvgIpc) is 3.35. The van der Waals surface area contributed by atoms with Crippen molar-refractivity contribution in [2.45, 2.75) is 19.5 Å². The summed E-state index contributed by atoms with van der Waals surface area (Å²) >= 11 is 0. The second-order valence-corrected chi connectivity index (χ2v) is 6.92. The van der Waals surface area contributed by atoms with Gasteiger partial charge in [-0.25, -0.2) is 4.79 Å². The maximum atomic E-state index is 13.2. The number of furan rings is 1. The summed E-state index contributed by atoms with van der Waals surface area (Å²) in [5.74, 6) is 0.119. The fourth-order valence-electron chi connectivity index (χ4n) is 3.73. The molecule has 1 unspecified atom stereocenters. The molecule has 0 saturated heterocycles. The SMILES string of the molecule is CCN1C(=O)NC(c2ccccc2)C2=C1CN(CC(=O)NCc1ccco1)C2=O. The van der Waals surface area contributed by atoms with Gasteiger partial charge in [0.25, 0.3) is 5.91 Å². The highest BCUT2D eigenvalue weighted by molar-refractivity contribution is 6.03. The molecule has 2 aliphatic rings. The molecule has 1 atom stereocenters. The molecule has 29 heavy (non-hydrogen) atoms. The number of hydrogen-bond acceptors (Lipinski definition) is 4. The number of hydrogen-bond donors (Lipinski definition) is 2. The molecule has 1 aromatic heterocycles. The van der Waals surface area contributed by atoms with Crippen LogP contribution < -0.4 is 10.6 Å². The molecular formula is C21H22N4O4. The molecule has 8 nitrogen and oxygen atoms in total. The molecule has 3 heterocycles. The van der Waals surface area contributed by atoms with Gasteiger partial charge in [0.1, 0.15) is 12.3 Å². The third-order valence-corrected chi connectivity index (χ3v) is 5.12. The van der Waals surface area contributed by atoms with Crippen LogP contribution in [0.1, 0.15) is 24.3 Å². The molecule has 0 bridgehead atoms. The van der Waals surface area contributed by atoms with Crippen LogP contribution in [0.25, 0.3) is 0 Å². The average molecular weight is 394 g/mol. The highest BCUT2D eigenvalue weighted by Crippen LogP contribution is 2.35. The fourth-order valence-corrected chi connectivity index (χ4v) is 3.73. The summed E-state index contributed by atoms with van der Waals surface area (Å²) in [6.45, 7) is 2.70. The first-order chi connectivity index (χ1) is 14.1. The van der Waals surface area contributed by atoms with Gasteiger partial charge in [0.2, 0.25) is 5.91 Å². The summed E-state index contributed by atoms with van der Waals surface area (Å²) < 4.78 is 5.20. The van der Waals surface area contributed by atoms with E-state index in [-0.39, 0.29) is 37.5 Å². The first kappa shape index (κ1) is 18.8. The summed E-state index contributed by atoms with van der Waals surface area (Å²) in [6, 6.07) is 12.1. The minimum absolute atomic E-state index is 0.0835. The van der Waals surface area contributed by atoms with E-state index in [4.69, 9.17) is 4.42 Å². The molecule has 8 heteroatoms. The normalized spacial score (nSPS) is 18.7. The fraction of sp³-hybridized carbons (Fsp3) is 0.286. The lowest BCUT2D eigenvalue weighted by Crippen LogP contribution is -2.47. The maximum Gasteiger partial charge on any atom is 0.322 e. The standard InChI is InChI=1S/C21H22N4O4/c1-2-25-16-12-24(13-17(26)22-11-15-9-6-10-29-15)20(27)18(16)19(23-21(25)28)14-7-4-3-5-8-14/h3-10,19H,2,11-13H2,1H3,(H,22,26)(H,23,28). The molecule has 0 spiro atoms. The van der Waals surface area contributed by atoms with Crippen molar-refractivity contribution in [1.82, 2.24) is 20.4 Å². The molecule has 1 aromatic carbocycles. The van der Waals surface area contributed by atoms with E-state index in [0.717, 1.165) is 5.56 Å². The van der Waals surface area contributed by atoms with Crippen molar-refractivity contribution in [3.05, 3.63) is 71.3 Å². The van der Waals surface area contributed by atoms with Gasteiger partial charge < -0.3 is 20.0 Å². The van der Waals surface area contributed by atoms with Gasteiger partial charge in [-0.05, 0) is 24.6 Å². The van der Waals surface area contributed by atoms with E-state index in [9.17, 15) is 14.4 Å². The van der Waals surface area contributed by atoms with Gasteiger partial charge in [0, 0.05) is 6.54 Å². The molecule has 2 aromatic rings. The minimum atomic E-state index is -0.523. The van der Waals surface area contributed by atoms with Crippen LogP contribution in [0.4, 0.5) is 4.79 Å². The predicted molar refractivity (Wildman–Crippen MR) is 104 cm³/mol. The number of nitrogens with one attached hydrogen (secondary N) is 2. The summed E-state index contributed by atoms with van der Waals surface area (Å²) in [5.41, 5.74) is 2.02. The predicted octanol–water partition coefficient (Wildman–Crippen LogP) is 1.78. The Kier molecular flexibility index (Phi) is 5.07. The first-order valence-electron chi connectivity index (χ1n) is 9.53. The Hall–Kier alpha value is -3.55. The van der Waals surface area contributed by atoms with Crippen molar-refractivity contribution in [2.75, 3.05) is 19.6 Å². The van der Waals surface area contributed by atoms with Crippen molar-refractivity contribution in [3.8, 4) is 0 Å². The molecule has 0 fully saturated rings. The number of rotatable bonds is 6. The number of amides is 4.